The van der Waals surface area contributed by atoms with Crippen LogP contribution in [-0.4, -0.2) is 44.5 Å². The number of aromatic carboxylic acids is 1. The third kappa shape index (κ3) is 4.31. The topological polar surface area (TPSA) is 105 Å². The number of carboxylic acid groups (broad SMARTS) is 1. The molecule has 0 saturated heterocycles. The van der Waals surface area contributed by atoms with Gasteiger partial charge in [0.1, 0.15) is 5.82 Å². The van der Waals surface area contributed by atoms with Crippen LogP contribution in [0.5, 0.6) is 0 Å². The van der Waals surface area contributed by atoms with Crippen LogP contribution in [0, 0.1) is 6.92 Å². The lowest BCUT2D eigenvalue weighted by atomic mass is 9.99. The van der Waals surface area contributed by atoms with E-state index < -0.39 is 5.97 Å². The van der Waals surface area contributed by atoms with Gasteiger partial charge < -0.3 is 15.3 Å². The standard InChI is InChI=1S/C26H28N4O4/c1-15-13-20(16(2)27-22-8-6-5-7-19(22)26(33)34)23-21(14-15)25(32)29(4)24(28-23)18-9-11-30(12-10-18)17(3)31/h5-9,13-14,16,27H,10-12H2,1-4H3,(H,33,34)/t16-/m1/s1. The summed E-state index contributed by atoms with van der Waals surface area (Å²) < 4.78 is 1.57. The van der Waals surface area contributed by atoms with E-state index in [0.717, 1.165) is 16.7 Å². The van der Waals surface area contributed by atoms with Crippen LogP contribution in [-0.2, 0) is 11.8 Å². The van der Waals surface area contributed by atoms with Crippen molar-refractivity contribution in [1.29, 1.82) is 0 Å². The predicted octanol–water partition coefficient (Wildman–Crippen LogP) is 3.75. The molecular weight excluding hydrogens is 432 g/mol. The number of fused-ring (bicyclic) bond motifs is 1. The highest BCUT2D eigenvalue weighted by Crippen LogP contribution is 2.29. The first-order valence-electron chi connectivity index (χ1n) is 11.2. The van der Waals surface area contributed by atoms with Gasteiger partial charge in [-0.15, -0.1) is 0 Å². The molecule has 1 amide bonds. The summed E-state index contributed by atoms with van der Waals surface area (Å²) >= 11 is 0. The number of hydrogen-bond acceptors (Lipinski definition) is 5. The zero-order chi connectivity index (χ0) is 24.6. The first kappa shape index (κ1) is 23.2. The average Bonchev–Trinajstić information content (AvgIpc) is 2.81. The minimum Gasteiger partial charge on any atom is -0.478 e. The van der Waals surface area contributed by atoms with E-state index in [1.807, 2.05) is 32.1 Å². The molecule has 4 rings (SSSR count). The van der Waals surface area contributed by atoms with Crippen molar-refractivity contribution in [3.05, 3.63) is 75.3 Å². The van der Waals surface area contributed by atoms with Gasteiger partial charge in [-0.3, -0.25) is 14.2 Å². The number of para-hydroxylation sites is 1. The molecule has 2 aromatic carbocycles. The lowest BCUT2D eigenvalue weighted by molar-refractivity contribution is -0.128. The summed E-state index contributed by atoms with van der Waals surface area (Å²) in [7, 11) is 1.72. The number of benzene rings is 2. The van der Waals surface area contributed by atoms with E-state index in [1.54, 1.807) is 47.7 Å². The summed E-state index contributed by atoms with van der Waals surface area (Å²) in [5.74, 6) is -0.401. The van der Waals surface area contributed by atoms with E-state index in [1.165, 1.54) is 0 Å². The number of amides is 1. The van der Waals surface area contributed by atoms with Crippen molar-refractivity contribution in [2.45, 2.75) is 33.2 Å². The van der Waals surface area contributed by atoms with Crippen molar-refractivity contribution in [3.63, 3.8) is 0 Å². The molecule has 0 spiro atoms. The summed E-state index contributed by atoms with van der Waals surface area (Å²) in [6.07, 6.45) is 2.57. The van der Waals surface area contributed by atoms with Crippen LogP contribution in [0.3, 0.4) is 0 Å². The lowest BCUT2D eigenvalue weighted by Gasteiger charge is -2.26. The van der Waals surface area contributed by atoms with Gasteiger partial charge in [0.25, 0.3) is 5.56 Å². The van der Waals surface area contributed by atoms with Crippen molar-refractivity contribution >= 4 is 34.0 Å². The van der Waals surface area contributed by atoms with Crippen LogP contribution in [0.1, 0.15) is 53.6 Å². The quantitative estimate of drug-likeness (QED) is 0.601. The molecule has 8 heteroatoms. The van der Waals surface area contributed by atoms with Gasteiger partial charge in [0.05, 0.1) is 22.5 Å². The summed E-state index contributed by atoms with van der Waals surface area (Å²) in [6, 6.07) is 10.3. The Balaban J connectivity index is 1.81. The molecule has 1 atom stereocenters. The van der Waals surface area contributed by atoms with Gasteiger partial charge in [-0.05, 0) is 49.6 Å². The minimum atomic E-state index is -1.01. The van der Waals surface area contributed by atoms with Crippen molar-refractivity contribution < 1.29 is 14.7 Å². The number of carboxylic acids is 1. The first-order chi connectivity index (χ1) is 16.2. The van der Waals surface area contributed by atoms with Crippen LogP contribution in [0.4, 0.5) is 5.69 Å². The Hall–Kier alpha value is -3.94. The molecule has 0 saturated carbocycles. The van der Waals surface area contributed by atoms with E-state index in [9.17, 15) is 19.5 Å². The Morgan fingerprint density at radius 3 is 2.59 bits per heavy atom. The van der Waals surface area contributed by atoms with E-state index in [0.29, 0.717) is 41.9 Å². The molecule has 0 radical (unpaired) electrons. The third-order valence-corrected chi connectivity index (χ3v) is 6.29. The highest BCUT2D eigenvalue weighted by Gasteiger charge is 2.22. The molecule has 1 aliphatic rings. The number of hydrogen-bond donors (Lipinski definition) is 2. The second-order valence-corrected chi connectivity index (χ2v) is 8.71. The van der Waals surface area contributed by atoms with E-state index in [4.69, 9.17) is 4.98 Å². The van der Waals surface area contributed by atoms with Gasteiger partial charge in [-0.1, -0.05) is 24.3 Å². The highest BCUT2D eigenvalue weighted by molar-refractivity contribution is 5.94. The maximum Gasteiger partial charge on any atom is 0.337 e. The molecule has 2 N–H and O–H groups in total. The molecular formula is C26H28N4O4. The molecule has 0 fully saturated rings. The number of nitrogens with zero attached hydrogens (tertiary/aromatic N) is 3. The van der Waals surface area contributed by atoms with Gasteiger partial charge in [-0.2, -0.15) is 0 Å². The predicted molar refractivity (Wildman–Crippen MR) is 132 cm³/mol. The fourth-order valence-electron chi connectivity index (χ4n) is 4.43. The van der Waals surface area contributed by atoms with E-state index in [-0.39, 0.29) is 23.1 Å². The highest BCUT2D eigenvalue weighted by atomic mass is 16.4. The van der Waals surface area contributed by atoms with Gasteiger partial charge in [0.15, 0.2) is 0 Å². The molecule has 1 aromatic heterocycles. The molecule has 0 bridgehead atoms. The van der Waals surface area contributed by atoms with Crippen molar-refractivity contribution in [2.24, 2.45) is 7.05 Å². The largest absolute Gasteiger partial charge is 0.478 e. The molecule has 1 aliphatic heterocycles. The van der Waals surface area contributed by atoms with Crippen LogP contribution in [0.25, 0.3) is 16.5 Å². The minimum absolute atomic E-state index is 0.0231. The molecule has 3 aromatic rings. The Morgan fingerprint density at radius 1 is 1.21 bits per heavy atom. The maximum absolute atomic E-state index is 13.3. The Labute approximate surface area is 197 Å². The fraction of sp³-hybridized carbons (Fsp3) is 0.308. The summed E-state index contributed by atoms with van der Waals surface area (Å²) in [5.41, 5.74) is 3.80. The van der Waals surface area contributed by atoms with Gasteiger partial charge in [0.2, 0.25) is 5.91 Å². The van der Waals surface area contributed by atoms with Crippen molar-refractivity contribution in [3.8, 4) is 0 Å². The van der Waals surface area contributed by atoms with Crippen LogP contribution < -0.4 is 10.9 Å². The smallest absolute Gasteiger partial charge is 0.337 e. The maximum atomic E-state index is 13.3. The fourth-order valence-corrected chi connectivity index (χ4v) is 4.43. The molecule has 2 heterocycles. The van der Waals surface area contributed by atoms with Crippen LogP contribution in [0.2, 0.25) is 0 Å². The second-order valence-electron chi connectivity index (χ2n) is 8.71. The molecule has 176 valence electrons. The normalized spacial score (nSPS) is 14.6. The second kappa shape index (κ2) is 9.13. The lowest BCUT2D eigenvalue weighted by Crippen LogP contribution is -2.33. The molecule has 8 nitrogen and oxygen atoms in total. The zero-order valence-corrected chi connectivity index (χ0v) is 19.8. The van der Waals surface area contributed by atoms with E-state index >= 15 is 0 Å². The summed E-state index contributed by atoms with van der Waals surface area (Å²) in [4.78, 5) is 43.3. The SMILES string of the molecule is CC(=O)N1CC=C(c2nc3c([C@@H](C)Nc4ccccc4C(=O)O)cc(C)cc3c(=O)n2C)CC1. The molecule has 34 heavy (non-hydrogen) atoms. The average molecular weight is 461 g/mol. The van der Waals surface area contributed by atoms with E-state index in [2.05, 4.69) is 5.32 Å². The number of carbonyl (C=O) groups excluding carboxylic acids is 1. The van der Waals surface area contributed by atoms with Gasteiger partial charge in [-0.25, -0.2) is 9.78 Å². The zero-order valence-electron chi connectivity index (χ0n) is 19.8. The Kier molecular flexibility index (Phi) is 6.24. The number of aryl methyl sites for hydroxylation is 1. The van der Waals surface area contributed by atoms with Gasteiger partial charge in [0, 0.05) is 38.3 Å². The number of aromatic nitrogens is 2. The number of rotatable bonds is 5. The Bertz CT molecular complexity index is 1390. The van der Waals surface area contributed by atoms with Crippen molar-refractivity contribution in [2.75, 3.05) is 18.4 Å². The van der Waals surface area contributed by atoms with Gasteiger partial charge >= 0.3 is 5.97 Å². The number of carbonyl (C=O) groups is 2. The summed E-state index contributed by atoms with van der Waals surface area (Å²) in [5, 5.41) is 13.3. The Morgan fingerprint density at radius 2 is 1.94 bits per heavy atom. The first-order valence-corrected chi connectivity index (χ1v) is 11.2. The third-order valence-electron chi connectivity index (χ3n) is 6.29. The van der Waals surface area contributed by atoms with Crippen LogP contribution in [0.15, 0.2) is 47.3 Å². The molecule has 0 unspecified atom stereocenters. The number of nitrogens with one attached hydrogen (secondary N) is 1. The van der Waals surface area contributed by atoms with Crippen molar-refractivity contribution in [1.82, 2.24) is 14.5 Å². The molecule has 0 aliphatic carbocycles. The number of anilines is 1. The summed E-state index contributed by atoms with van der Waals surface area (Å²) in [6.45, 7) is 6.47. The monoisotopic (exact) mass is 460 g/mol. The van der Waals surface area contributed by atoms with Crippen LogP contribution >= 0.6 is 0 Å².